The maximum Gasteiger partial charge on any atom is 0.217 e. The average molecular weight is 264 g/mol. The minimum absolute atomic E-state index is 0.245. The number of nitrogen functional groups attached to an aromatic ring is 1. The number of fused-ring (bicyclic) bond motifs is 1. The van der Waals surface area contributed by atoms with Crippen LogP contribution in [0.25, 0.3) is 10.2 Å². The Kier molecular flexibility index (Phi) is 3.99. The van der Waals surface area contributed by atoms with Crippen LogP contribution >= 0.6 is 11.3 Å². The van der Waals surface area contributed by atoms with Gasteiger partial charge in [-0.25, -0.2) is 4.98 Å². The van der Waals surface area contributed by atoms with Gasteiger partial charge in [-0.15, -0.1) is 0 Å². The highest BCUT2D eigenvalue weighted by molar-refractivity contribution is 7.22. The number of primary amides is 1. The summed E-state index contributed by atoms with van der Waals surface area (Å²) in [5.41, 5.74) is 12.5. The van der Waals surface area contributed by atoms with E-state index in [9.17, 15) is 4.79 Å². The van der Waals surface area contributed by atoms with Crippen LogP contribution in [-0.2, 0) is 4.79 Å². The van der Waals surface area contributed by atoms with Gasteiger partial charge in [0.05, 0.1) is 10.2 Å². The topological polar surface area (TPSA) is 94.0 Å². The molecule has 6 heteroatoms. The fraction of sp³-hybridized carbons (Fsp3) is 0.333. The fourth-order valence-corrected chi connectivity index (χ4v) is 2.58. The first-order valence-electron chi connectivity index (χ1n) is 5.83. The van der Waals surface area contributed by atoms with E-state index in [1.807, 2.05) is 18.2 Å². The molecule has 1 aromatic carbocycles. The van der Waals surface area contributed by atoms with E-state index in [0.29, 0.717) is 6.42 Å². The van der Waals surface area contributed by atoms with Crippen molar-refractivity contribution in [2.75, 3.05) is 17.6 Å². The van der Waals surface area contributed by atoms with Gasteiger partial charge in [-0.1, -0.05) is 11.3 Å². The minimum Gasteiger partial charge on any atom is -0.399 e. The van der Waals surface area contributed by atoms with Gasteiger partial charge in [-0.3, -0.25) is 4.79 Å². The molecule has 0 aliphatic heterocycles. The van der Waals surface area contributed by atoms with Gasteiger partial charge in [0, 0.05) is 18.7 Å². The number of anilines is 2. The molecule has 1 heterocycles. The summed E-state index contributed by atoms with van der Waals surface area (Å²) in [7, 11) is 0. The molecular formula is C12H16N4OS. The summed E-state index contributed by atoms with van der Waals surface area (Å²) in [6.07, 6.45) is 2.15. The van der Waals surface area contributed by atoms with E-state index in [0.717, 1.165) is 40.4 Å². The highest BCUT2D eigenvalue weighted by atomic mass is 32.1. The van der Waals surface area contributed by atoms with Gasteiger partial charge >= 0.3 is 0 Å². The lowest BCUT2D eigenvalue weighted by atomic mass is 10.2. The van der Waals surface area contributed by atoms with Crippen molar-refractivity contribution in [3.63, 3.8) is 0 Å². The second-order valence-electron chi connectivity index (χ2n) is 4.10. The summed E-state index contributed by atoms with van der Waals surface area (Å²) in [6, 6.07) is 5.68. The van der Waals surface area contributed by atoms with Crippen LogP contribution in [0.15, 0.2) is 18.2 Å². The van der Waals surface area contributed by atoms with Gasteiger partial charge < -0.3 is 16.8 Å². The lowest BCUT2D eigenvalue weighted by Gasteiger charge is -2.00. The van der Waals surface area contributed by atoms with Crippen molar-refractivity contribution in [1.82, 2.24) is 4.98 Å². The molecule has 1 amide bonds. The van der Waals surface area contributed by atoms with Crippen LogP contribution in [0.4, 0.5) is 10.8 Å². The summed E-state index contributed by atoms with van der Waals surface area (Å²) < 4.78 is 1.08. The molecule has 0 unspecified atom stereocenters. The number of amides is 1. The van der Waals surface area contributed by atoms with Crippen molar-refractivity contribution in [3.05, 3.63) is 18.2 Å². The molecule has 18 heavy (non-hydrogen) atoms. The molecule has 2 rings (SSSR count). The normalized spacial score (nSPS) is 10.7. The Morgan fingerprint density at radius 2 is 2.22 bits per heavy atom. The van der Waals surface area contributed by atoms with E-state index in [1.165, 1.54) is 0 Å². The quantitative estimate of drug-likeness (QED) is 0.549. The zero-order valence-electron chi connectivity index (χ0n) is 9.98. The SMILES string of the molecule is NC(=O)CCCCNc1nc2ccc(N)cc2s1. The van der Waals surface area contributed by atoms with Crippen LogP contribution in [-0.4, -0.2) is 17.4 Å². The molecule has 0 bridgehead atoms. The third kappa shape index (κ3) is 3.33. The van der Waals surface area contributed by atoms with Crippen molar-refractivity contribution >= 4 is 38.3 Å². The van der Waals surface area contributed by atoms with Crippen LogP contribution in [0.3, 0.4) is 0 Å². The number of carbonyl (C=O) groups is 1. The highest BCUT2D eigenvalue weighted by Crippen LogP contribution is 2.27. The molecule has 0 atom stereocenters. The van der Waals surface area contributed by atoms with Crippen molar-refractivity contribution in [2.45, 2.75) is 19.3 Å². The van der Waals surface area contributed by atoms with E-state index in [-0.39, 0.29) is 5.91 Å². The number of rotatable bonds is 6. The van der Waals surface area contributed by atoms with Gasteiger partial charge in [0.15, 0.2) is 5.13 Å². The molecule has 5 nitrogen and oxygen atoms in total. The number of hydrogen-bond donors (Lipinski definition) is 3. The van der Waals surface area contributed by atoms with E-state index < -0.39 is 0 Å². The number of thiazole rings is 1. The first kappa shape index (κ1) is 12.6. The number of nitrogens with two attached hydrogens (primary N) is 2. The predicted molar refractivity (Wildman–Crippen MR) is 75.6 cm³/mol. The van der Waals surface area contributed by atoms with E-state index in [2.05, 4.69) is 10.3 Å². The Labute approximate surface area is 109 Å². The third-order valence-electron chi connectivity index (χ3n) is 2.54. The van der Waals surface area contributed by atoms with Crippen LogP contribution < -0.4 is 16.8 Å². The molecule has 0 radical (unpaired) electrons. The van der Waals surface area contributed by atoms with E-state index in [4.69, 9.17) is 11.5 Å². The summed E-state index contributed by atoms with van der Waals surface area (Å²) in [5, 5.41) is 4.13. The Balaban J connectivity index is 1.86. The first-order valence-corrected chi connectivity index (χ1v) is 6.65. The number of nitrogens with one attached hydrogen (secondary N) is 1. The first-order chi connectivity index (χ1) is 8.65. The van der Waals surface area contributed by atoms with Crippen molar-refractivity contribution in [2.24, 2.45) is 5.73 Å². The van der Waals surface area contributed by atoms with E-state index >= 15 is 0 Å². The fourth-order valence-electron chi connectivity index (χ4n) is 1.64. The van der Waals surface area contributed by atoms with Gasteiger partial charge in [0.25, 0.3) is 0 Å². The molecule has 1 aromatic heterocycles. The maximum atomic E-state index is 10.6. The van der Waals surface area contributed by atoms with Gasteiger partial charge in [-0.05, 0) is 31.0 Å². The smallest absolute Gasteiger partial charge is 0.217 e. The highest BCUT2D eigenvalue weighted by Gasteiger charge is 2.03. The number of benzene rings is 1. The van der Waals surface area contributed by atoms with E-state index in [1.54, 1.807) is 11.3 Å². The molecule has 0 fully saturated rings. The molecule has 2 aromatic rings. The number of aromatic nitrogens is 1. The lowest BCUT2D eigenvalue weighted by molar-refractivity contribution is -0.118. The third-order valence-corrected chi connectivity index (χ3v) is 3.51. The zero-order valence-corrected chi connectivity index (χ0v) is 10.8. The maximum absolute atomic E-state index is 10.6. The molecule has 0 aliphatic carbocycles. The van der Waals surface area contributed by atoms with Crippen LogP contribution in [0.1, 0.15) is 19.3 Å². The van der Waals surface area contributed by atoms with Crippen molar-refractivity contribution in [3.8, 4) is 0 Å². The summed E-state index contributed by atoms with van der Waals surface area (Å²) in [5.74, 6) is -0.245. The molecule has 0 saturated carbocycles. The number of nitrogens with zero attached hydrogens (tertiary/aromatic N) is 1. The molecule has 0 spiro atoms. The van der Waals surface area contributed by atoms with Crippen LogP contribution in [0, 0.1) is 0 Å². The average Bonchev–Trinajstić information content (AvgIpc) is 2.70. The second-order valence-corrected chi connectivity index (χ2v) is 5.13. The van der Waals surface area contributed by atoms with Gasteiger partial charge in [0.1, 0.15) is 0 Å². The molecule has 96 valence electrons. The van der Waals surface area contributed by atoms with Crippen molar-refractivity contribution in [1.29, 1.82) is 0 Å². The molecule has 0 saturated heterocycles. The van der Waals surface area contributed by atoms with Crippen LogP contribution in [0.2, 0.25) is 0 Å². The monoisotopic (exact) mass is 264 g/mol. The second kappa shape index (κ2) is 5.68. The molecular weight excluding hydrogens is 248 g/mol. The largest absolute Gasteiger partial charge is 0.399 e. The number of carbonyl (C=O) groups excluding carboxylic acids is 1. The summed E-state index contributed by atoms with van der Waals surface area (Å²) >= 11 is 1.58. The van der Waals surface area contributed by atoms with Crippen LogP contribution in [0.5, 0.6) is 0 Å². The minimum atomic E-state index is -0.245. The standard InChI is InChI=1S/C12H16N4OS/c13-8-4-5-9-10(7-8)18-12(16-9)15-6-2-1-3-11(14)17/h4-5,7H,1-3,6,13H2,(H2,14,17)(H,15,16). The molecule has 5 N–H and O–H groups in total. The predicted octanol–water partition coefficient (Wildman–Crippen LogP) is 1.95. The van der Waals surface area contributed by atoms with Gasteiger partial charge in [-0.2, -0.15) is 0 Å². The summed E-state index contributed by atoms with van der Waals surface area (Å²) in [6.45, 7) is 0.794. The number of hydrogen-bond acceptors (Lipinski definition) is 5. The Bertz CT molecular complexity index is 552. The van der Waals surface area contributed by atoms with Gasteiger partial charge in [0.2, 0.25) is 5.91 Å². The Morgan fingerprint density at radius 1 is 1.39 bits per heavy atom. The molecule has 0 aliphatic rings. The Morgan fingerprint density at radius 3 is 3.00 bits per heavy atom. The Hall–Kier alpha value is -1.82. The van der Waals surface area contributed by atoms with Crippen molar-refractivity contribution < 1.29 is 4.79 Å². The summed E-state index contributed by atoms with van der Waals surface area (Å²) in [4.78, 5) is 15.0. The number of unbranched alkanes of at least 4 members (excludes halogenated alkanes) is 1. The lowest BCUT2D eigenvalue weighted by Crippen LogP contribution is -2.10. The zero-order chi connectivity index (χ0) is 13.0.